The van der Waals surface area contributed by atoms with Gasteiger partial charge in [-0.3, -0.25) is 4.79 Å². The number of carbonyl (C=O) groups is 2. The van der Waals surface area contributed by atoms with Crippen LogP contribution < -0.4 is 0 Å². The molecule has 1 aliphatic carbocycles. The monoisotopic (exact) mass is 704 g/mol. The number of hydrogen-bond donors (Lipinski definition) is 8. The molecular formula is C32H48O17. The summed E-state index contributed by atoms with van der Waals surface area (Å²) in [4.78, 5) is 27.0. The Morgan fingerprint density at radius 2 is 1.53 bits per heavy atom. The summed E-state index contributed by atoms with van der Waals surface area (Å²) >= 11 is 0. The number of aliphatic hydroxyl groups is 8. The number of aliphatic hydroxyl groups excluding tert-OH is 8. The van der Waals surface area contributed by atoms with Gasteiger partial charge >= 0.3 is 11.9 Å². The molecule has 1 saturated carbocycles. The van der Waals surface area contributed by atoms with E-state index in [1.165, 1.54) is 0 Å². The number of esters is 2. The van der Waals surface area contributed by atoms with E-state index in [9.17, 15) is 50.4 Å². The van der Waals surface area contributed by atoms with Gasteiger partial charge in [0.25, 0.3) is 0 Å². The van der Waals surface area contributed by atoms with Crippen molar-refractivity contribution in [2.24, 2.45) is 29.6 Å². The van der Waals surface area contributed by atoms with Crippen LogP contribution in [-0.4, -0.2) is 153 Å². The molecule has 5 aliphatic rings. The third-order valence-corrected chi connectivity index (χ3v) is 10.5. The van der Waals surface area contributed by atoms with Crippen molar-refractivity contribution in [1.29, 1.82) is 0 Å². The molecule has 4 aliphatic heterocycles. The van der Waals surface area contributed by atoms with E-state index in [1.807, 2.05) is 13.8 Å². The van der Waals surface area contributed by atoms with Crippen LogP contribution in [0.2, 0.25) is 0 Å². The SMILES string of the molecule is C/C=C1\[C@H](O[C@@H]2O[C@H](CO)[C@@H](O)[C@H](O)[C@H]2O)OC=C2C(=O)O[C@@H]3C[C@@H]([C@H](C)CO[C@@H]4O[C@H](CO)[C@@H](O)[C@H](O)[C@H]4O)[C@H](COC(=O)C[C@H]21)[C@H]3C. The van der Waals surface area contributed by atoms with Crippen molar-refractivity contribution in [3.63, 3.8) is 0 Å². The Labute approximate surface area is 282 Å². The van der Waals surface area contributed by atoms with Crippen LogP contribution in [0.15, 0.2) is 23.5 Å². The van der Waals surface area contributed by atoms with Crippen molar-refractivity contribution in [3.8, 4) is 0 Å². The number of hydrogen-bond acceptors (Lipinski definition) is 17. The second-order valence-corrected chi connectivity index (χ2v) is 13.5. The molecule has 5 rings (SSSR count). The van der Waals surface area contributed by atoms with Crippen LogP contribution >= 0.6 is 0 Å². The van der Waals surface area contributed by atoms with Gasteiger partial charge in [0, 0.05) is 17.4 Å². The van der Waals surface area contributed by atoms with Crippen molar-refractivity contribution >= 4 is 11.9 Å². The van der Waals surface area contributed by atoms with E-state index in [4.69, 9.17) is 33.2 Å². The molecule has 278 valence electrons. The lowest BCUT2D eigenvalue weighted by Gasteiger charge is -2.42. The molecule has 2 bridgehead atoms. The van der Waals surface area contributed by atoms with Gasteiger partial charge in [0.1, 0.15) is 54.9 Å². The van der Waals surface area contributed by atoms with E-state index >= 15 is 0 Å². The van der Waals surface area contributed by atoms with Crippen LogP contribution in [0.3, 0.4) is 0 Å². The zero-order valence-electron chi connectivity index (χ0n) is 27.5. The third kappa shape index (κ3) is 7.68. The predicted octanol–water partition coefficient (Wildman–Crippen LogP) is -2.81. The van der Waals surface area contributed by atoms with Gasteiger partial charge in [-0.2, -0.15) is 0 Å². The van der Waals surface area contributed by atoms with E-state index in [2.05, 4.69) is 0 Å². The van der Waals surface area contributed by atoms with E-state index in [0.717, 1.165) is 6.26 Å². The van der Waals surface area contributed by atoms with E-state index in [-0.39, 0.29) is 48.9 Å². The van der Waals surface area contributed by atoms with Gasteiger partial charge in [-0.25, -0.2) is 4.79 Å². The molecule has 4 heterocycles. The van der Waals surface area contributed by atoms with Gasteiger partial charge in [-0.1, -0.05) is 19.9 Å². The van der Waals surface area contributed by atoms with Crippen LogP contribution in [0.5, 0.6) is 0 Å². The van der Waals surface area contributed by atoms with Crippen molar-refractivity contribution in [2.75, 3.05) is 26.4 Å². The minimum Gasteiger partial charge on any atom is -0.468 e. The molecule has 17 heteroatoms. The first kappa shape index (κ1) is 38.0. The number of allylic oxidation sites excluding steroid dienone is 1. The van der Waals surface area contributed by atoms with Gasteiger partial charge in [-0.15, -0.1) is 0 Å². The Kier molecular flexibility index (Phi) is 12.4. The highest BCUT2D eigenvalue weighted by Gasteiger charge is 2.50. The van der Waals surface area contributed by atoms with Crippen LogP contribution in [-0.2, 0) is 42.7 Å². The molecule has 4 fully saturated rings. The zero-order chi connectivity index (χ0) is 35.7. The lowest BCUT2D eigenvalue weighted by atomic mass is 9.83. The summed E-state index contributed by atoms with van der Waals surface area (Å²) in [5, 5.41) is 80.3. The van der Waals surface area contributed by atoms with Crippen LogP contribution in [0, 0.1) is 29.6 Å². The van der Waals surface area contributed by atoms with E-state index in [1.54, 1.807) is 13.0 Å². The molecule has 8 N–H and O–H groups in total. The molecule has 49 heavy (non-hydrogen) atoms. The van der Waals surface area contributed by atoms with Crippen LogP contribution in [0.1, 0.15) is 33.6 Å². The molecule has 0 amide bonds. The molecule has 0 radical (unpaired) electrons. The minimum absolute atomic E-state index is 0.0152. The first-order valence-electron chi connectivity index (χ1n) is 16.6. The lowest BCUT2D eigenvalue weighted by molar-refractivity contribution is -0.327. The Morgan fingerprint density at radius 1 is 0.918 bits per heavy atom. The number of cyclic esters (lactones) is 1. The molecule has 17 nitrogen and oxygen atoms in total. The maximum Gasteiger partial charge on any atom is 0.338 e. The first-order valence-corrected chi connectivity index (χ1v) is 16.6. The maximum absolute atomic E-state index is 13.7. The molecule has 0 aromatic rings. The summed E-state index contributed by atoms with van der Waals surface area (Å²) in [7, 11) is 0. The van der Waals surface area contributed by atoms with Gasteiger partial charge in [0.05, 0.1) is 44.7 Å². The highest BCUT2D eigenvalue weighted by Crippen LogP contribution is 2.45. The topological polar surface area (TPSA) is 261 Å². The Balaban J connectivity index is 1.28. The fourth-order valence-electron chi connectivity index (χ4n) is 7.41. The Hall–Kier alpha value is -2.26. The smallest absolute Gasteiger partial charge is 0.338 e. The molecule has 0 spiro atoms. The van der Waals surface area contributed by atoms with Gasteiger partial charge in [0.15, 0.2) is 12.6 Å². The summed E-state index contributed by atoms with van der Waals surface area (Å²) in [5.74, 6) is -3.11. The normalized spacial score (nSPS) is 46.1. The molecule has 17 atom stereocenters. The molecule has 3 saturated heterocycles. The summed E-state index contributed by atoms with van der Waals surface area (Å²) in [6.07, 6.45) is -13.9. The van der Waals surface area contributed by atoms with E-state index < -0.39 is 105 Å². The third-order valence-electron chi connectivity index (χ3n) is 10.5. The first-order chi connectivity index (χ1) is 23.3. The summed E-state index contributed by atoms with van der Waals surface area (Å²) in [6.45, 7) is 4.20. The summed E-state index contributed by atoms with van der Waals surface area (Å²) < 4.78 is 40.0. The van der Waals surface area contributed by atoms with Gasteiger partial charge < -0.3 is 74.0 Å². The second-order valence-electron chi connectivity index (χ2n) is 13.5. The standard InChI is InChI=1S/C32H48O17/c1-4-14-16-6-22(35)43-10-17-13(3)19(5-15(17)12(2)9-44-31-27(40)25(38)23(36)20(7-33)47-31)46-29(42)18(16)11-45-30(14)49-32-28(41)26(39)24(37)21(8-34)48-32/h4,11-13,15-17,19-21,23-28,30-34,36-41H,5-10H2,1-3H3/b14-4-/t12-,13-,15+,16+,17-,19-,20-,21-,23-,24-,25+,26+,27-,28-,30+,31-,32+/m1/s1. The van der Waals surface area contributed by atoms with Crippen LogP contribution in [0.25, 0.3) is 0 Å². The fraction of sp³-hybridized carbons (Fsp3) is 0.812. The molecule has 0 aromatic carbocycles. The maximum atomic E-state index is 13.7. The average molecular weight is 705 g/mol. The highest BCUT2D eigenvalue weighted by molar-refractivity contribution is 5.91. The highest BCUT2D eigenvalue weighted by atomic mass is 16.8. The summed E-state index contributed by atoms with van der Waals surface area (Å²) in [6, 6.07) is 0. The quantitative estimate of drug-likeness (QED) is 0.0937. The Bertz CT molecular complexity index is 1220. The van der Waals surface area contributed by atoms with E-state index in [0.29, 0.717) is 12.0 Å². The van der Waals surface area contributed by atoms with Crippen LogP contribution in [0.4, 0.5) is 0 Å². The van der Waals surface area contributed by atoms with Crippen molar-refractivity contribution in [2.45, 2.75) is 107 Å². The fourth-order valence-corrected chi connectivity index (χ4v) is 7.41. The average Bonchev–Trinajstić information content (AvgIpc) is 3.39. The predicted molar refractivity (Wildman–Crippen MR) is 160 cm³/mol. The van der Waals surface area contributed by atoms with Gasteiger partial charge in [-0.05, 0) is 31.1 Å². The second kappa shape index (κ2) is 16.0. The number of carbonyl (C=O) groups excluding carboxylic acids is 2. The molecule has 0 aromatic heterocycles. The number of rotatable bonds is 8. The number of ether oxygens (including phenoxy) is 7. The number of fused-ring (bicyclic) bond motifs is 3. The largest absolute Gasteiger partial charge is 0.468 e. The Morgan fingerprint density at radius 3 is 2.14 bits per heavy atom. The zero-order valence-corrected chi connectivity index (χ0v) is 27.5. The lowest BCUT2D eigenvalue weighted by Crippen LogP contribution is -2.60. The van der Waals surface area contributed by atoms with Crippen molar-refractivity contribution in [1.82, 2.24) is 0 Å². The van der Waals surface area contributed by atoms with Crippen molar-refractivity contribution < 1.29 is 83.6 Å². The molecule has 0 unspecified atom stereocenters. The van der Waals surface area contributed by atoms with Gasteiger partial charge in [0.2, 0.25) is 6.29 Å². The minimum atomic E-state index is -1.71. The summed E-state index contributed by atoms with van der Waals surface area (Å²) in [5.41, 5.74) is 0.351. The van der Waals surface area contributed by atoms with Crippen molar-refractivity contribution in [3.05, 3.63) is 23.5 Å². The molecular weight excluding hydrogens is 656 g/mol.